The van der Waals surface area contributed by atoms with Crippen LogP contribution < -0.4 is 5.32 Å². The molecule has 0 unspecified atom stereocenters. The van der Waals surface area contributed by atoms with E-state index in [4.69, 9.17) is 11.6 Å². The molecule has 25 heavy (non-hydrogen) atoms. The third-order valence-corrected chi connectivity index (χ3v) is 4.72. The molecule has 1 aromatic carbocycles. The van der Waals surface area contributed by atoms with Gasteiger partial charge in [-0.25, -0.2) is 0 Å². The number of anilines is 1. The topological polar surface area (TPSA) is 64.7 Å². The zero-order valence-corrected chi connectivity index (χ0v) is 16.0. The summed E-state index contributed by atoms with van der Waals surface area (Å²) in [6.45, 7) is 3.09. The van der Waals surface area contributed by atoms with Gasteiger partial charge in [0, 0.05) is 24.0 Å². The smallest absolute Gasteiger partial charge is 0.226 e. The predicted molar refractivity (Wildman–Crippen MR) is 101 cm³/mol. The molecule has 0 spiro atoms. The molecule has 0 aliphatic rings. The van der Waals surface area contributed by atoms with Crippen LogP contribution in [0.25, 0.3) is 0 Å². The molecule has 1 amide bonds. The first-order valence-electron chi connectivity index (χ1n) is 7.76. The molecule has 0 saturated carbocycles. The second-order valence-corrected chi connectivity index (χ2v) is 6.95. The lowest BCUT2D eigenvalue weighted by Gasteiger charge is -2.09. The average molecular weight is 423 g/mol. The number of rotatable bonds is 6. The molecule has 2 aromatic heterocycles. The number of carbonyl (C=O) groups excluding carboxylic acids is 1. The number of halogens is 2. The molecular formula is C17H17BrClN5O. The zero-order chi connectivity index (χ0) is 17.8. The molecule has 0 aliphatic heterocycles. The molecule has 2 heterocycles. The normalized spacial score (nSPS) is 10.8. The highest BCUT2D eigenvalue weighted by Crippen LogP contribution is 2.16. The van der Waals surface area contributed by atoms with Gasteiger partial charge >= 0.3 is 0 Å². The molecule has 6 nitrogen and oxygen atoms in total. The van der Waals surface area contributed by atoms with Crippen molar-refractivity contribution in [3.63, 3.8) is 0 Å². The average Bonchev–Trinajstić information content (AvgIpc) is 3.12. The van der Waals surface area contributed by atoms with E-state index in [1.54, 1.807) is 23.3 Å². The molecule has 0 fully saturated rings. The van der Waals surface area contributed by atoms with Crippen molar-refractivity contribution in [1.82, 2.24) is 19.6 Å². The Morgan fingerprint density at radius 1 is 1.32 bits per heavy atom. The van der Waals surface area contributed by atoms with E-state index in [1.807, 2.05) is 35.9 Å². The number of hydrogen-bond donors (Lipinski definition) is 1. The fourth-order valence-corrected chi connectivity index (χ4v) is 2.89. The fourth-order valence-electron chi connectivity index (χ4n) is 2.44. The van der Waals surface area contributed by atoms with Crippen molar-refractivity contribution in [2.24, 2.45) is 0 Å². The van der Waals surface area contributed by atoms with Crippen LogP contribution in [-0.2, 0) is 17.9 Å². The minimum Gasteiger partial charge on any atom is -0.326 e. The van der Waals surface area contributed by atoms with Gasteiger partial charge in [0.25, 0.3) is 0 Å². The van der Waals surface area contributed by atoms with Gasteiger partial charge in [-0.3, -0.25) is 14.2 Å². The Bertz CT molecular complexity index is 889. The summed E-state index contributed by atoms with van der Waals surface area (Å²) >= 11 is 9.29. The van der Waals surface area contributed by atoms with Crippen molar-refractivity contribution in [2.45, 2.75) is 26.4 Å². The van der Waals surface area contributed by atoms with Gasteiger partial charge in [0.2, 0.25) is 5.91 Å². The number of amides is 1. The predicted octanol–water partition coefficient (Wildman–Crippen LogP) is 3.88. The number of benzene rings is 1. The van der Waals surface area contributed by atoms with Crippen LogP contribution >= 0.6 is 27.5 Å². The van der Waals surface area contributed by atoms with E-state index >= 15 is 0 Å². The molecule has 1 N–H and O–H groups in total. The Kier molecular flexibility index (Phi) is 5.55. The number of aryl methyl sites for hydroxylation is 1. The molecule has 8 heteroatoms. The third kappa shape index (κ3) is 4.70. The van der Waals surface area contributed by atoms with Gasteiger partial charge < -0.3 is 5.32 Å². The molecule has 0 saturated heterocycles. The van der Waals surface area contributed by atoms with Crippen molar-refractivity contribution in [3.05, 3.63) is 63.6 Å². The zero-order valence-electron chi connectivity index (χ0n) is 13.6. The molecule has 0 aliphatic carbocycles. The van der Waals surface area contributed by atoms with Crippen molar-refractivity contribution in [1.29, 1.82) is 0 Å². The first-order valence-corrected chi connectivity index (χ1v) is 8.93. The maximum atomic E-state index is 12.2. The summed E-state index contributed by atoms with van der Waals surface area (Å²) in [4.78, 5) is 12.2. The summed E-state index contributed by atoms with van der Waals surface area (Å²) in [6, 6.07) is 7.69. The fraction of sp³-hybridized carbons (Fsp3) is 0.235. The van der Waals surface area contributed by atoms with E-state index in [2.05, 4.69) is 31.4 Å². The summed E-state index contributed by atoms with van der Waals surface area (Å²) in [5, 5.41) is 11.9. The lowest BCUT2D eigenvalue weighted by Crippen LogP contribution is -2.15. The number of nitrogens with one attached hydrogen (secondary N) is 1. The summed E-state index contributed by atoms with van der Waals surface area (Å²) in [5.74, 6) is -0.0506. The van der Waals surface area contributed by atoms with Gasteiger partial charge in [0.1, 0.15) is 0 Å². The summed E-state index contributed by atoms with van der Waals surface area (Å²) in [6.07, 6.45) is 5.45. The van der Waals surface area contributed by atoms with Crippen LogP contribution in [0.3, 0.4) is 0 Å². The summed E-state index contributed by atoms with van der Waals surface area (Å²) in [5.41, 5.74) is 2.80. The standard InChI is InChI=1S/C17H17BrClN5O/c1-12-16(18)9-21-24(12)6-5-17(25)22-15-4-2-3-13(7-15)10-23-11-14(19)8-20-23/h2-4,7-9,11H,5-6,10H2,1H3,(H,22,25). The van der Waals surface area contributed by atoms with E-state index in [0.29, 0.717) is 24.5 Å². The van der Waals surface area contributed by atoms with Crippen molar-refractivity contribution in [3.8, 4) is 0 Å². The van der Waals surface area contributed by atoms with E-state index in [9.17, 15) is 4.79 Å². The molecule has 0 radical (unpaired) electrons. The second kappa shape index (κ2) is 7.84. The molecule has 3 rings (SSSR count). The van der Waals surface area contributed by atoms with E-state index in [1.165, 1.54) is 0 Å². The van der Waals surface area contributed by atoms with E-state index < -0.39 is 0 Å². The monoisotopic (exact) mass is 421 g/mol. The lowest BCUT2D eigenvalue weighted by atomic mass is 10.2. The van der Waals surface area contributed by atoms with Crippen molar-refractivity contribution >= 4 is 39.1 Å². The van der Waals surface area contributed by atoms with Gasteiger partial charge in [-0.15, -0.1) is 0 Å². The van der Waals surface area contributed by atoms with Crippen LogP contribution in [0.5, 0.6) is 0 Å². The van der Waals surface area contributed by atoms with Gasteiger partial charge in [-0.05, 0) is 40.5 Å². The number of nitrogens with zero attached hydrogens (tertiary/aromatic N) is 4. The highest BCUT2D eigenvalue weighted by Gasteiger charge is 2.08. The quantitative estimate of drug-likeness (QED) is 0.655. The molecule has 130 valence electrons. The van der Waals surface area contributed by atoms with Crippen LogP contribution in [0.15, 0.2) is 47.3 Å². The minimum absolute atomic E-state index is 0.0506. The second-order valence-electron chi connectivity index (χ2n) is 5.66. The maximum absolute atomic E-state index is 12.2. The Balaban J connectivity index is 1.57. The number of carbonyl (C=O) groups is 1. The van der Waals surface area contributed by atoms with E-state index in [-0.39, 0.29) is 5.91 Å². The maximum Gasteiger partial charge on any atom is 0.226 e. The molecule has 0 bridgehead atoms. The lowest BCUT2D eigenvalue weighted by molar-refractivity contribution is -0.116. The van der Waals surface area contributed by atoms with Gasteiger partial charge in [-0.2, -0.15) is 10.2 Å². The van der Waals surface area contributed by atoms with E-state index in [0.717, 1.165) is 21.4 Å². The molecular weight excluding hydrogens is 406 g/mol. The minimum atomic E-state index is -0.0506. The Hall–Kier alpha value is -2.12. The summed E-state index contributed by atoms with van der Waals surface area (Å²) < 4.78 is 4.50. The Morgan fingerprint density at radius 3 is 2.84 bits per heavy atom. The number of aromatic nitrogens is 4. The largest absolute Gasteiger partial charge is 0.326 e. The van der Waals surface area contributed by atoms with Crippen LogP contribution in [0, 0.1) is 6.92 Å². The van der Waals surface area contributed by atoms with Gasteiger partial charge in [-0.1, -0.05) is 23.7 Å². The Morgan fingerprint density at radius 2 is 2.16 bits per heavy atom. The highest BCUT2D eigenvalue weighted by molar-refractivity contribution is 9.10. The molecule has 3 aromatic rings. The van der Waals surface area contributed by atoms with Crippen molar-refractivity contribution < 1.29 is 4.79 Å². The first-order chi connectivity index (χ1) is 12.0. The summed E-state index contributed by atoms with van der Waals surface area (Å²) in [7, 11) is 0. The number of hydrogen-bond acceptors (Lipinski definition) is 3. The third-order valence-electron chi connectivity index (χ3n) is 3.75. The van der Waals surface area contributed by atoms with Gasteiger partial charge in [0.05, 0.1) is 35.0 Å². The van der Waals surface area contributed by atoms with Crippen molar-refractivity contribution in [2.75, 3.05) is 5.32 Å². The van der Waals surface area contributed by atoms with Crippen LogP contribution in [-0.4, -0.2) is 25.5 Å². The Labute approximate surface area is 158 Å². The van der Waals surface area contributed by atoms with Crippen LogP contribution in [0.1, 0.15) is 17.7 Å². The SMILES string of the molecule is Cc1c(Br)cnn1CCC(=O)Nc1cccc(Cn2cc(Cl)cn2)c1. The highest BCUT2D eigenvalue weighted by atomic mass is 79.9. The first kappa shape index (κ1) is 17.7. The van der Waals surface area contributed by atoms with Crippen LogP contribution in [0.4, 0.5) is 5.69 Å². The molecule has 0 atom stereocenters. The van der Waals surface area contributed by atoms with Crippen LogP contribution in [0.2, 0.25) is 5.02 Å². The van der Waals surface area contributed by atoms with Gasteiger partial charge in [0.15, 0.2) is 0 Å².